The van der Waals surface area contributed by atoms with Crippen LogP contribution in [0, 0.1) is 10.1 Å². The molecule has 0 atom stereocenters. The van der Waals surface area contributed by atoms with Gasteiger partial charge in [0.05, 0.1) is 4.92 Å². The molecule has 7 nitrogen and oxygen atoms in total. The summed E-state index contributed by atoms with van der Waals surface area (Å²) in [5.74, 6) is 0. The third-order valence-corrected chi connectivity index (χ3v) is 2.93. The lowest BCUT2D eigenvalue weighted by atomic mass is 10.2. The van der Waals surface area contributed by atoms with E-state index in [1.807, 2.05) is 0 Å². The summed E-state index contributed by atoms with van der Waals surface area (Å²) >= 11 is 5.43. The number of halogens is 1. The molecule has 0 unspecified atom stereocenters. The minimum Gasteiger partial charge on any atom is -0.298 e. The first-order valence-corrected chi connectivity index (χ1v) is 5.50. The molecule has 0 saturated heterocycles. The van der Waals surface area contributed by atoms with Crippen LogP contribution in [-0.4, -0.2) is 24.2 Å². The zero-order valence-corrected chi connectivity index (χ0v) is 9.03. The molecule has 16 heavy (non-hydrogen) atoms. The molecule has 0 aliphatic rings. The smallest absolute Gasteiger partial charge is 0.298 e. The number of nitro benzene ring substituents is 1. The monoisotopic (exact) mass is 265 g/mol. The van der Waals surface area contributed by atoms with Crippen molar-refractivity contribution in [2.45, 2.75) is 4.90 Å². The van der Waals surface area contributed by atoms with Gasteiger partial charge >= 0.3 is 15.8 Å². The summed E-state index contributed by atoms with van der Waals surface area (Å²) in [4.78, 5) is 18.9. The third-order valence-electron chi connectivity index (χ3n) is 1.68. The normalized spacial score (nSPS) is 11.1. The predicted octanol–water partition coefficient (Wildman–Crippen LogP) is 1.31. The first-order chi connectivity index (χ1) is 7.29. The van der Waals surface area contributed by atoms with Crippen molar-refractivity contribution in [3.05, 3.63) is 32.8 Å². The van der Waals surface area contributed by atoms with E-state index in [9.17, 15) is 23.3 Å². The molecular weight excluding hydrogens is 262 g/mol. The standard InChI is InChI=1S/C7H4ClNO6S/c8-5-2-1-4(3-10)7(16(13,14)15)6(5)9(11)12/h1-3H,(H,13,14,15). The van der Waals surface area contributed by atoms with Crippen molar-refractivity contribution in [3.63, 3.8) is 0 Å². The second-order valence-electron chi connectivity index (χ2n) is 2.66. The highest BCUT2D eigenvalue weighted by Crippen LogP contribution is 2.33. The van der Waals surface area contributed by atoms with E-state index in [4.69, 9.17) is 16.2 Å². The van der Waals surface area contributed by atoms with E-state index in [2.05, 4.69) is 0 Å². The summed E-state index contributed by atoms with van der Waals surface area (Å²) in [5.41, 5.74) is -1.55. The second-order valence-corrected chi connectivity index (χ2v) is 4.43. The van der Waals surface area contributed by atoms with Gasteiger partial charge in [0.1, 0.15) is 5.02 Å². The second kappa shape index (κ2) is 4.16. The van der Waals surface area contributed by atoms with Gasteiger partial charge in [-0.25, -0.2) is 0 Å². The summed E-state index contributed by atoms with van der Waals surface area (Å²) in [5, 5.41) is 10.1. The van der Waals surface area contributed by atoms with E-state index in [0.29, 0.717) is 0 Å². The van der Waals surface area contributed by atoms with E-state index in [1.54, 1.807) is 0 Å². The molecule has 0 aliphatic carbocycles. The minimum atomic E-state index is -4.90. The van der Waals surface area contributed by atoms with Crippen LogP contribution in [0.15, 0.2) is 17.0 Å². The van der Waals surface area contributed by atoms with Crippen molar-refractivity contribution < 1.29 is 22.7 Å². The van der Waals surface area contributed by atoms with Gasteiger partial charge in [0.15, 0.2) is 11.2 Å². The van der Waals surface area contributed by atoms with E-state index in [1.165, 1.54) is 0 Å². The molecule has 1 N–H and O–H groups in total. The van der Waals surface area contributed by atoms with Crippen molar-refractivity contribution in [2.75, 3.05) is 0 Å². The lowest BCUT2D eigenvalue weighted by Gasteiger charge is -2.03. The Hall–Kier alpha value is -1.51. The van der Waals surface area contributed by atoms with Crippen LogP contribution in [0.4, 0.5) is 5.69 Å². The maximum atomic E-state index is 10.9. The summed E-state index contributed by atoms with van der Waals surface area (Å²) < 4.78 is 30.7. The number of aldehydes is 1. The molecule has 0 saturated carbocycles. The molecule has 0 spiro atoms. The number of hydrogen-bond acceptors (Lipinski definition) is 5. The Morgan fingerprint density at radius 1 is 1.44 bits per heavy atom. The molecule has 9 heteroatoms. The van der Waals surface area contributed by atoms with E-state index in [-0.39, 0.29) is 6.29 Å². The fourth-order valence-corrected chi connectivity index (χ4v) is 2.22. The summed E-state index contributed by atoms with van der Waals surface area (Å²) in [6.45, 7) is 0. The molecule has 0 amide bonds. The van der Waals surface area contributed by atoms with Crippen LogP contribution in [0.2, 0.25) is 5.02 Å². The van der Waals surface area contributed by atoms with Gasteiger partial charge in [-0.2, -0.15) is 8.42 Å². The first kappa shape index (κ1) is 12.6. The Labute approximate surface area is 94.5 Å². The van der Waals surface area contributed by atoms with Crippen LogP contribution in [0.3, 0.4) is 0 Å². The maximum absolute atomic E-state index is 10.9. The van der Waals surface area contributed by atoms with Crippen LogP contribution < -0.4 is 0 Å². The average molecular weight is 266 g/mol. The number of rotatable bonds is 3. The molecule has 0 fully saturated rings. The number of nitro groups is 1. The highest BCUT2D eigenvalue weighted by molar-refractivity contribution is 7.86. The molecule has 0 bridgehead atoms. The van der Waals surface area contributed by atoms with Crippen molar-refractivity contribution in [3.8, 4) is 0 Å². The Balaban J connectivity index is 3.84. The van der Waals surface area contributed by atoms with Crippen molar-refractivity contribution >= 4 is 33.7 Å². The van der Waals surface area contributed by atoms with E-state index < -0.39 is 36.2 Å². The van der Waals surface area contributed by atoms with Crippen LogP contribution in [0.1, 0.15) is 10.4 Å². The molecule has 86 valence electrons. The topological polar surface area (TPSA) is 115 Å². The van der Waals surface area contributed by atoms with Crippen molar-refractivity contribution in [2.24, 2.45) is 0 Å². The molecule has 1 aromatic carbocycles. The van der Waals surface area contributed by atoms with Gasteiger partial charge in [0.2, 0.25) is 0 Å². The Morgan fingerprint density at radius 2 is 2.00 bits per heavy atom. The largest absolute Gasteiger partial charge is 0.309 e. The van der Waals surface area contributed by atoms with Crippen LogP contribution >= 0.6 is 11.6 Å². The summed E-state index contributed by atoms with van der Waals surface area (Å²) in [7, 11) is -4.90. The van der Waals surface area contributed by atoms with Gasteiger partial charge in [-0.05, 0) is 12.1 Å². The fraction of sp³-hybridized carbons (Fsp3) is 0. The highest BCUT2D eigenvalue weighted by Gasteiger charge is 2.30. The lowest BCUT2D eigenvalue weighted by Crippen LogP contribution is -2.07. The predicted molar refractivity (Wildman–Crippen MR) is 53.3 cm³/mol. The number of hydrogen-bond donors (Lipinski definition) is 1. The first-order valence-electron chi connectivity index (χ1n) is 3.68. The fourth-order valence-electron chi connectivity index (χ4n) is 1.10. The molecule has 1 rings (SSSR count). The van der Waals surface area contributed by atoms with Gasteiger partial charge in [0.25, 0.3) is 0 Å². The number of nitrogens with zero attached hydrogens (tertiary/aromatic N) is 1. The Kier molecular flexibility index (Phi) is 3.27. The zero-order valence-electron chi connectivity index (χ0n) is 7.45. The van der Waals surface area contributed by atoms with Gasteiger partial charge in [0, 0.05) is 5.56 Å². The molecule has 0 aromatic heterocycles. The molecular formula is C7H4ClNO6S. The highest BCUT2D eigenvalue weighted by atomic mass is 35.5. The van der Waals surface area contributed by atoms with Crippen LogP contribution in [-0.2, 0) is 10.1 Å². The average Bonchev–Trinajstić information content (AvgIpc) is 2.15. The van der Waals surface area contributed by atoms with Crippen LogP contribution in [0.5, 0.6) is 0 Å². The zero-order chi connectivity index (χ0) is 12.5. The summed E-state index contributed by atoms with van der Waals surface area (Å²) in [6.07, 6.45) is 0.0758. The Bertz CT molecular complexity index is 566. The van der Waals surface area contributed by atoms with Gasteiger partial charge < -0.3 is 0 Å². The van der Waals surface area contributed by atoms with E-state index >= 15 is 0 Å². The van der Waals surface area contributed by atoms with Gasteiger partial charge in [-0.1, -0.05) is 11.6 Å². The minimum absolute atomic E-state index is 0.0758. The molecule has 1 aromatic rings. The number of benzene rings is 1. The molecule has 0 aliphatic heterocycles. The van der Waals surface area contributed by atoms with Crippen LogP contribution in [0.25, 0.3) is 0 Å². The SMILES string of the molecule is O=Cc1ccc(Cl)c([N+](=O)[O-])c1S(=O)(=O)O. The van der Waals surface area contributed by atoms with Gasteiger partial charge in [-0.15, -0.1) is 0 Å². The Morgan fingerprint density at radius 3 is 2.38 bits per heavy atom. The van der Waals surface area contributed by atoms with E-state index in [0.717, 1.165) is 12.1 Å². The number of carbonyl (C=O) groups excluding carboxylic acids is 1. The molecule has 0 heterocycles. The quantitative estimate of drug-likeness (QED) is 0.381. The molecule has 0 radical (unpaired) electrons. The third kappa shape index (κ3) is 2.18. The lowest BCUT2D eigenvalue weighted by molar-refractivity contribution is -0.387. The van der Waals surface area contributed by atoms with Crippen molar-refractivity contribution in [1.82, 2.24) is 0 Å². The summed E-state index contributed by atoms with van der Waals surface area (Å²) in [6, 6.07) is 1.96. The number of carbonyl (C=O) groups is 1. The maximum Gasteiger partial charge on any atom is 0.309 e. The van der Waals surface area contributed by atoms with Gasteiger partial charge in [-0.3, -0.25) is 19.5 Å². The van der Waals surface area contributed by atoms with Crippen molar-refractivity contribution in [1.29, 1.82) is 0 Å².